The molecule has 0 aliphatic carbocycles. The highest BCUT2D eigenvalue weighted by atomic mass is 19.1. The Hall–Kier alpha value is -1.42. The van der Waals surface area contributed by atoms with Crippen LogP contribution in [0.15, 0.2) is 24.3 Å². The van der Waals surface area contributed by atoms with Crippen molar-refractivity contribution < 1.29 is 9.18 Å². The molecule has 1 amide bonds. The van der Waals surface area contributed by atoms with E-state index in [2.05, 4.69) is 5.32 Å². The van der Waals surface area contributed by atoms with Gasteiger partial charge in [-0.25, -0.2) is 4.39 Å². The van der Waals surface area contributed by atoms with Crippen molar-refractivity contribution in [1.29, 1.82) is 0 Å². The average molecular weight is 238 g/mol. The highest BCUT2D eigenvalue weighted by Crippen LogP contribution is 2.18. The smallest absolute Gasteiger partial charge is 0.234 e. The SMILES string of the molecule is CCNC(=O)CN(C)C(C)c1ccc(F)cc1. The zero-order valence-corrected chi connectivity index (χ0v) is 10.5. The third kappa shape index (κ3) is 4.15. The minimum atomic E-state index is -0.243. The van der Waals surface area contributed by atoms with Gasteiger partial charge in [0, 0.05) is 12.6 Å². The molecule has 0 saturated heterocycles. The summed E-state index contributed by atoms with van der Waals surface area (Å²) in [4.78, 5) is 13.4. The van der Waals surface area contributed by atoms with Gasteiger partial charge in [-0.3, -0.25) is 9.69 Å². The second-order valence-corrected chi connectivity index (χ2v) is 4.10. The highest BCUT2D eigenvalue weighted by Gasteiger charge is 2.14. The number of carbonyl (C=O) groups is 1. The van der Waals surface area contributed by atoms with Crippen LogP contribution in [0.4, 0.5) is 4.39 Å². The van der Waals surface area contributed by atoms with Crippen molar-refractivity contribution >= 4 is 5.91 Å². The lowest BCUT2D eigenvalue weighted by Gasteiger charge is -2.24. The Morgan fingerprint density at radius 2 is 2.00 bits per heavy atom. The largest absolute Gasteiger partial charge is 0.355 e. The number of hydrogen-bond acceptors (Lipinski definition) is 2. The molecular weight excluding hydrogens is 219 g/mol. The van der Waals surface area contributed by atoms with E-state index in [-0.39, 0.29) is 17.8 Å². The maximum Gasteiger partial charge on any atom is 0.234 e. The van der Waals surface area contributed by atoms with Crippen molar-refractivity contribution in [3.05, 3.63) is 35.6 Å². The summed E-state index contributed by atoms with van der Waals surface area (Å²) in [6.07, 6.45) is 0. The van der Waals surface area contributed by atoms with Gasteiger partial charge in [-0.05, 0) is 38.6 Å². The minimum Gasteiger partial charge on any atom is -0.355 e. The van der Waals surface area contributed by atoms with E-state index in [4.69, 9.17) is 0 Å². The first kappa shape index (κ1) is 13.6. The lowest BCUT2D eigenvalue weighted by atomic mass is 10.1. The van der Waals surface area contributed by atoms with Crippen molar-refractivity contribution in [1.82, 2.24) is 10.2 Å². The summed E-state index contributed by atoms with van der Waals surface area (Å²) in [5.74, 6) is -0.240. The number of hydrogen-bond donors (Lipinski definition) is 1. The van der Waals surface area contributed by atoms with Gasteiger partial charge >= 0.3 is 0 Å². The molecule has 0 saturated carbocycles. The molecule has 17 heavy (non-hydrogen) atoms. The molecule has 1 aromatic rings. The fraction of sp³-hybridized carbons (Fsp3) is 0.462. The minimum absolute atomic E-state index is 0.00367. The van der Waals surface area contributed by atoms with Crippen LogP contribution >= 0.6 is 0 Å². The summed E-state index contributed by atoms with van der Waals surface area (Å²) in [6, 6.07) is 6.44. The quantitative estimate of drug-likeness (QED) is 0.850. The van der Waals surface area contributed by atoms with Crippen molar-refractivity contribution in [3.63, 3.8) is 0 Å². The van der Waals surface area contributed by atoms with Crippen molar-refractivity contribution in [2.45, 2.75) is 19.9 Å². The number of benzene rings is 1. The predicted octanol–water partition coefficient (Wildman–Crippen LogP) is 1.95. The molecule has 0 heterocycles. The monoisotopic (exact) mass is 238 g/mol. The number of carbonyl (C=O) groups excluding carboxylic acids is 1. The Balaban J connectivity index is 2.60. The lowest BCUT2D eigenvalue weighted by molar-refractivity contribution is -0.122. The molecule has 0 fully saturated rings. The summed E-state index contributed by atoms with van der Waals surface area (Å²) in [5, 5.41) is 2.75. The zero-order valence-electron chi connectivity index (χ0n) is 10.5. The number of nitrogens with one attached hydrogen (secondary N) is 1. The van der Waals surface area contributed by atoms with Crippen LogP contribution in [0.1, 0.15) is 25.5 Å². The van der Waals surface area contributed by atoms with E-state index < -0.39 is 0 Å². The summed E-state index contributed by atoms with van der Waals surface area (Å²) in [5.41, 5.74) is 0.998. The summed E-state index contributed by atoms with van der Waals surface area (Å²) >= 11 is 0. The Morgan fingerprint density at radius 3 is 2.53 bits per heavy atom. The molecule has 4 heteroatoms. The van der Waals surface area contributed by atoms with E-state index >= 15 is 0 Å². The second kappa shape index (κ2) is 6.35. The fourth-order valence-corrected chi connectivity index (χ4v) is 1.61. The molecule has 1 aromatic carbocycles. The lowest BCUT2D eigenvalue weighted by Crippen LogP contribution is -2.36. The number of nitrogens with zero attached hydrogens (tertiary/aromatic N) is 1. The summed E-state index contributed by atoms with van der Waals surface area (Å²) < 4.78 is 12.8. The summed E-state index contributed by atoms with van der Waals surface area (Å²) in [7, 11) is 1.88. The summed E-state index contributed by atoms with van der Waals surface area (Å²) in [6.45, 7) is 4.86. The Morgan fingerprint density at radius 1 is 1.41 bits per heavy atom. The first-order valence-corrected chi connectivity index (χ1v) is 5.77. The molecule has 3 nitrogen and oxygen atoms in total. The van der Waals surface area contributed by atoms with E-state index in [9.17, 15) is 9.18 Å². The fourth-order valence-electron chi connectivity index (χ4n) is 1.61. The predicted molar refractivity (Wildman–Crippen MR) is 66.1 cm³/mol. The van der Waals surface area contributed by atoms with Crippen molar-refractivity contribution in [3.8, 4) is 0 Å². The van der Waals surface area contributed by atoms with Crippen LogP contribution in [-0.4, -0.2) is 30.9 Å². The van der Waals surface area contributed by atoms with Crippen molar-refractivity contribution in [2.75, 3.05) is 20.1 Å². The third-order valence-electron chi connectivity index (χ3n) is 2.78. The zero-order chi connectivity index (χ0) is 12.8. The molecule has 0 spiro atoms. The van der Waals surface area contributed by atoms with Crippen LogP contribution in [0.2, 0.25) is 0 Å². The standard InChI is InChI=1S/C13H19FN2O/c1-4-15-13(17)9-16(3)10(2)11-5-7-12(14)8-6-11/h5-8,10H,4,9H2,1-3H3,(H,15,17). The third-order valence-corrected chi connectivity index (χ3v) is 2.78. The van der Waals surface area contributed by atoms with Gasteiger partial charge in [-0.1, -0.05) is 12.1 Å². The van der Waals surface area contributed by atoms with Gasteiger partial charge in [-0.2, -0.15) is 0 Å². The van der Waals surface area contributed by atoms with Crippen molar-refractivity contribution in [2.24, 2.45) is 0 Å². The first-order valence-electron chi connectivity index (χ1n) is 5.77. The Kier molecular flexibility index (Phi) is 5.10. The van der Waals surface area contributed by atoms with Gasteiger partial charge in [0.05, 0.1) is 6.54 Å². The van der Waals surface area contributed by atoms with E-state index in [1.54, 1.807) is 12.1 Å². The molecule has 94 valence electrons. The Bertz CT molecular complexity index is 364. The molecule has 0 aliphatic rings. The normalized spacial score (nSPS) is 12.5. The maximum atomic E-state index is 12.8. The van der Waals surface area contributed by atoms with Crippen LogP contribution in [0.25, 0.3) is 0 Å². The maximum absolute atomic E-state index is 12.8. The van der Waals surface area contributed by atoms with Gasteiger partial charge in [0.15, 0.2) is 0 Å². The van der Waals surface area contributed by atoms with Gasteiger partial charge in [0.1, 0.15) is 5.82 Å². The molecule has 1 N–H and O–H groups in total. The molecule has 0 aromatic heterocycles. The van der Waals surface area contributed by atoms with Gasteiger partial charge < -0.3 is 5.32 Å². The number of rotatable bonds is 5. The van der Waals surface area contributed by atoms with Crippen LogP contribution in [0.3, 0.4) is 0 Å². The first-order chi connectivity index (χ1) is 8.04. The molecule has 1 atom stereocenters. The number of likely N-dealkylation sites (N-methyl/N-ethyl adjacent to an activating group) is 2. The van der Waals surface area contributed by atoms with Crippen LogP contribution < -0.4 is 5.32 Å². The van der Waals surface area contributed by atoms with E-state index in [1.807, 2.05) is 25.8 Å². The van der Waals surface area contributed by atoms with Gasteiger partial charge in [-0.15, -0.1) is 0 Å². The molecule has 1 unspecified atom stereocenters. The molecular formula is C13H19FN2O. The molecule has 0 radical (unpaired) electrons. The average Bonchev–Trinajstić information content (AvgIpc) is 2.29. The van der Waals surface area contributed by atoms with Gasteiger partial charge in [0.2, 0.25) is 5.91 Å². The van der Waals surface area contributed by atoms with Crippen LogP contribution in [0, 0.1) is 5.82 Å². The highest BCUT2D eigenvalue weighted by molar-refractivity contribution is 5.77. The topological polar surface area (TPSA) is 32.3 Å². The molecule has 0 bridgehead atoms. The number of halogens is 1. The van der Waals surface area contributed by atoms with Crippen LogP contribution in [-0.2, 0) is 4.79 Å². The second-order valence-electron chi connectivity index (χ2n) is 4.10. The van der Waals surface area contributed by atoms with E-state index in [1.165, 1.54) is 12.1 Å². The Labute approximate surface area is 102 Å². The van der Waals surface area contributed by atoms with Crippen LogP contribution in [0.5, 0.6) is 0 Å². The van der Waals surface area contributed by atoms with E-state index in [0.717, 1.165) is 5.56 Å². The molecule has 1 rings (SSSR count). The van der Waals surface area contributed by atoms with Gasteiger partial charge in [0.25, 0.3) is 0 Å². The molecule has 0 aliphatic heterocycles. The number of amides is 1. The van der Waals surface area contributed by atoms with E-state index in [0.29, 0.717) is 13.1 Å².